The van der Waals surface area contributed by atoms with Crippen LogP contribution in [0.15, 0.2) is 28.8 Å². The zero-order valence-electron chi connectivity index (χ0n) is 14.1. The number of methoxy groups -OCH3 is 1. The van der Waals surface area contributed by atoms with Crippen molar-refractivity contribution in [2.24, 2.45) is 0 Å². The number of rotatable bonds is 6. The van der Waals surface area contributed by atoms with Gasteiger partial charge in [-0.2, -0.15) is 0 Å². The maximum absolute atomic E-state index is 5.44. The van der Waals surface area contributed by atoms with Gasteiger partial charge in [-0.15, -0.1) is 0 Å². The van der Waals surface area contributed by atoms with Crippen LogP contribution < -0.4 is 4.74 Å². The number of aromatic nitrogens is 2. The molecule has 1 aliphatic carbocycles. The van der Waals surface area contributed by atoms with E-state index in [1.165, 1.54) is 12.8 Å². The Labute approximate surface area is 142 Å². The molecule has 0 radical (unpaired) electrons. The molecule has 3 heterocycles. The van der Waals surface area contributed by atoms with Crippen molar-refractivity contribution < 1.29 is 9.26 Å². The van der Waals surface area contributed by atoms with Crippen molar-refractivity contribution >= 4 is 0 Å². The zero-order chi connectivity index (χ0) is 16.4. The van der Waals surface area contributed by atoms with Gasteiger partial charge in [0.2, 0.25) is 5.88 Å². The average molecular weight is 328 g/mol. The lowest BCUT2D eigenvalue weighted by Gasteiger charge is -2.34. The number of pyridine rings is 1. The van der Waals surface area contributed by atoms with E-state index in [0.717, 1.165) is 56.4 Å². The lowest BCUT2D eigenvalue weighted by molar-refractivity contribution is 0.119. The monoisotopic (exact) mass is 328 g/mol. The van der Waals surface area contributed by atoms with Gasteiger partial charge in [0.25, 0.3) is 0 Å². The third kappa shape index (κ3) is 3.76. The molecular formula is C18H24N4O2. The Morgan fingerprint density at radius 1 is 1.08 bits per heavy atom. The van der Waals surface area contributed by atoms with Gasteiger partial charge in [-0.05, 0) is 18.9 Å². The molecule has 2 aromatic heterocycles. The molecule has 0 atom stereocenters. The van der Waals surface area contributed by atoms with Crippen molar-refractivity contribution in [3.8, 4) is 5.88 Å². The Kier molecular flexibility index (Phi) is 4.49. The maximum atomic E-state index is 5.44. The van der Waals surface area contributed by atoms with Crippen molar-refractivity contribution in [2.45, 2.75) is 31.8 Å². The van der Waals surface area contributed by atoms with Gasteiger partial charge < -0.3 is 9.26 Å². The topological polar surface area (TPSA) is 54.6 Å². The summed E-state index contributed by atoms with van der Waals surface area (Å²) in [7, 11) is 1.66. The Morgan fingerprint density at radius 2 is 1.79 bits per heavy atom. The Morgan fingerprint density at radius 3 is 2.46 bits per heavy atom. The predicted molar refractivity (Wildman–Crippen MR) is 89.8 cm³/mol. The van der Waals surface area contributed by atoms with Gasteiger partial charge in [0.1, 0.15) is 5.76 Å². The second kappa shape index (κ2) is 6.91. The number of hydrogen-bond acceptors (Lipinski definition) is 6. The fourth-order valence-corrected chi connectivity index (χ4v) is 3.19. The lowest BCUT2D eigenvalue weighted by Crippen LogP contribution is -2.45. The van der Waals surface area contributed by atoms with E-state index in [9.17, 15) is 0 Å². The highest BCUT2D eigenvalue weighted by atomic mass is 16.5. The molecule has 1 saturated heterocycles. The minimum atomic E-state index is 0.637. The molecule has 1 saturated carbocycles. The molecule has 2 aliphatic rings. The molecule has 0 aromatic carbocycles. The third-order valence-electron chi connectivity index (χ3n) is 4.78. The summed E-state index contributed by atoms with van der Waals surface area (Å²) in [6, 6.07) is 8.09. The van der Waals surface area contributed by atoms with E-state index in [4.69, 9.17) is 9.26 Å². The first kappa shape index (κ1) is 15.6. The number of hydrogen-bond donors (Lipinski definition) is 0. The summed E-state index contributed by atoms with van der Waals surface area (Å²) in [5, 5.41) is 4.22. The molecule has 0 amide bonds. The third-order valence-corrected chi connectivity index (χ3v) is 4.78. The van der Waals surface area contributed by atoms with Crippen LogP contribution in [0.3, 0.4) is 0 Å². The van der Waals surface area contributed by atoms with Gasteiger partial charge in [0.15, 0.2) is 0 Å². The fourth-order valence-electron chi connectivity index (χ4n) is 3.19. The summed E-state index contributed by atoms with van der Waals surface area (Å²) in [5.41, 5.74) is 2.13. The van der Waals surface area contributed by atoms with Crippen LogP contribution in [-0.2, 0) is 13.1 Å². The van der Waals surface area contributed by atoms with Crippen molar-refractivity contribution in [3.05, 3.63) is 41.4 Å². The molecule has 128 valence electrons. The normalized spacial score (nSPS) is 19.5. The number of nitrogens with zero attached hydrogens (tertiary/aromatic N) is 4. The molecule has 6 heteroatoms. The molecule has 2 fully saturated rings. The molecule has 6 nitrogen and oxygen atoms in total. The van der Waals surface area contributed by atoms with E-state index in [0.29, 0.717) is 11.8 Å². The van der Waals surface area contributed by atoms with Crippen LogP contribution >= 0.6 is 0 Å². The highest BCUT2D eigenvalue weighted by molar-refractivity contribution is 5.16. The summed E-state index contributed by atoms with van der Waals surface area (Å²) >= 11 is 0. The first-order valence-electron chi connectivity index (χ1n) is 8.70. The maximum Gasteiger partial charge on any atom is 0.213 e. The minimum absolute atomic E-state index is 0.637. The first-order valence-corrected chi connectivity index (χ1v) is 8.70. The van der Waals surface area contributed by atoms with E-state index in [-0.39, 0.29) is 0 Å². The second-order valence-corrected chi connectivity index (χ2v) is 6.72. The average Bonchev–Trinajstić information content (AvgIpc) is 3.37. The summed E-state index contributed by atoms with van der Waals surface area (Å²) in [5.74, 6) is 2.40. The van der Waals surface area contributed by atoms with E-state index in [2.05, 4.69) is 32.1 Å². The van der Waals surface area contributed by atoms with E-state index in [1.807, 2.05) is 12.1 Å². The van der Waals surface area contributed by atoms with Crippen molar-refractivity contribution in [1.29, 1.82) is 0 Å². The standard InChI is InChI=1S/C18H24N4O2/c1-23-18-4-2-3-15(19-18)12-21-7-9-22(10-8-21)13-16-11-17(24-20-16)14-5-6-14/h2-4,11,14H,5-10,12-13H2,1H3. The highest BCUT2D eigenvalue weighted by Crippen LogP contribution is 2.40. The molecule has 24 heavy (non-hydrogen) atoms. The summed E-state index contributed by atoms with van der Waals surface area (Å²) in [4.78, 5) is 9.39. The lowest BCUT2D eigenvalue weighted by atomic mass is 10.2. The molecule has 1 aliphatic heterocycles. The number of piperazine rings is 1. The fraction of sp³-hybridized carbons (Fsp3) is 0.556. The van der Waals surface area contributed by atoms with Crippen LogP contribution in [-0.4, -0.2) is 53.2 Å². The molecule has 0 unspecified atom stereocenters. The Balaban J connectivity index is 1.26. The van der Waals surface area contributed by atoms with Crippen LogP contribution in [0.1, 0.15) is 35.9 Å². The van der Waals surface area contributed by atoms with E-state index in [1.54, 1.807) is 7.11 Å². The SMILES string of the molecule is COc1cccc(CN2CCN(Cc3cc(C4CC4)on3)CC2)n1. The molecule has 0 N–H and O–H groups in total. The van der Waals surface area contributed by atoms with Crippen molar-refractivity contribution in [1.82, 2.24) is 19.9 Å². The Hall–Kier alpha value is -1.92. The highest BCUT2D eigenvalue weighted by Gasteiger charge is 2.28. The van der Waals surface area contributed by atoms with Gasteiger partial charge >= 0.3 is 0 Å². The predicted octanol–water partition coefficient (Wildman–Crippen LogP) is 2.27. The van der Waals surface area contributed by atoms with Crippen LogP contribution in [0.25, 0.3) is 0 Å². The largest absolute Gasteiger partial charge is 0.481 e. The quantitative estimate of drug-likeness (QED) is 0.811. The molecule has 0 bridgehead atoms. The number of ether oxygens (including phenoxy) is 1. The van der Waals surface area contributed by atoms with Gasteiger partial charge in [-0.25, -0.2) is 4.98 Å². The minimum Gasteiger partial charge on any atom is -0.481 e. The van der Waals surface area contributed by atoms with Gasteiger partial charge in [0.05, 0.1) is 18.5 Å². The van der Waals surface area contributed by atoms with E-state index >= 15 is 0 Å². The summed E-state index contributed by atoms with van der Waals surface area (Å²) in [6.45, 7) is 5.96. The van der Waals surface area contributed by atoms with Crippen LogP contribution in [0.2, 0.25) is 0 Å². The summed E-state index contributed by atoms with van der Waals surface area (Å²) < 4.78 is 10.6. The first-order chi connectivity index (χ1) is 11.8. The molecule has 0 spiro atoms. The van der Waals surface area contributed by atoms with Crippen molar-refractivity contribution in [3.63, 3.8) is 0 Å². The van der Waals surface area contributed by atoms with Crippen LogP contribution in [0.4, 0.5) is 0 Å². The summed E-state index contributed by atoms with van der Waals surface area (Å²) in [6.07, 6.45) is 2.51. The molecule has 4 rings (SSSR count). The second-order valence-electron chi connectivity index (χ2n) is 6.72. The van der Waals surface area contributed by atoms with Gasteiger partial charge in [0, 0.05) is 57.3 Å². The van der Waals surface area contributed by atoms with Crippen LogP contribution in [0, 0.1) is 0 Å². The molecule has 2 aromatic rings. The van der Waals surface area contributed by atoms with Crippen LogP contribution in [0.5, 0.6) is 5.88 Å². The Bertz CT molecular complexity index is 675. The zero-order valence-corrected chi connectivity index (χ0v) is 14.1. The van der Waals surface area contributed by atoms with Crippen molar-refractivity contribution in [2.75, 3.05) is 33.3 Å². The van der Waals surface area contributed by atoms with Gasteiger partial charge in [-0.3, -0.25) is 9.80 Å². The smallest absolute Gasteiger partial charge is 0.213 e. The van der Waals surface area contributed by atoms with Gasteiger partial charge in [-0.1, -0.05) is 11.2 Å². The molecular weight excluding hydrogens is 304 g/mol. The van der Waals surface area contributed by atoms with E-state index < -0.39 is 0 Å².